The van der Waals surface area contributed by atoms with Gasteiger partial charge in [-0.05, 0) is 0 Å². The summed E-state index contributed by atoms with van der Waals surface area (Å²) in [7, 11) is 0. The third-order valence-corrected chi connectivity index (χ3v) is 0. The van der Waals surface area contributed by atoms with Crippen LogP contribution in [0.1, 0.15) is 0 Å². The minimum absolute atomic E-state index is 0. The van der Waals surface area contributed by atoms with E-state index in [2.05, 4.69) is 0 Å². The van der Waals surface area contributed by atoms with E-state index in [0.29, 0.717) is 0 Å². The first-order valence-corrected chi connectivity index (χ1v) is 3.76. The molecule has 0 fully saturated rings. The van der Waals surface area contributed by atoms with Crippen LogP contribution in [0.2, 0.25) is 0 Å². The van der Waals surface area contributed by atoms with E-state index in [9.17, 15) is 0 Å². The summed E-state index contributed by atoms with van der Waals surface area (Å²) in [6.45, 7) is 0. The third kappa shape index (κ3) is 2110. The van der Waals surface area contributed by atoms with Gasteiger partial charge in [0.2, 0.25) is 0 Å². The monoisotopic (exact) mass is 200 g/mol. The molecule has 0 aromatic heterocycles. The van der Waals surface area contributed by atoms with Gasteiger partial charge in [0.15, 0.2) is 0 Å². The van der Waals surface area contributed by atoms with Gasteiger partial charge in [-0.25, -0.2) is 0 Å². The fourth-order valence-electron chi connectivity index (χ4n) is 0. The summed E-state index contributed by atoms with van der Waals surface area (Å²) in [6.07, 6.45) is 0. The Morgan fingerprint density at radius 1 is 1.25 bits per heavy atom. The van der Waals surface area contributed by atoms with Crippen molar-refractivity contribution in [2.45, 2.75) is 0 Å². The van der Waals surface area contributed by atoms with Crippen molar-refractivity contribution in [1.82, 2.24) is 6.15 Å². The van der Waals surface area contributed by atoms with Gasteiger partial charge in [0.25, 0.3) is 0 Å². The molecule has 0 spiro atoms. The molecule has 0 bridgehead atoms. The molecule has 49 valence electrons. The van der Waals surface area contributed by atoms with Gasteiger partial charge in [0.05, 0.1) is 0 Å². The molecular weight excluding hydrogens is 196 g/mol. The molecule has 0 aliphatic rings. The number of rotatable bonds is 0. The Morgan fingerprint density at radius 2 is 1.25 bits per heavy atom. The Morgan fingerprint density at radius 3 is 1.25 bits per heavy atom. The van der Waals surface area contributed by atoms with Crippen LogP contribution in [0.3, 0.4) is 0 Å². The predicted octanol–water partition coefficient (Wildman–Crippen LogP) is -1.29. The Balaban J connectivity index is -0.0000000575. The van der Waals surface area contributed by atoms with Crippen LogP contribution in [0.4, 0.5) is 0 Å². The summed E-state index contributed by atoms with van der Waals surface area (Å²) in [5.74, 6) is 0. The Labute approximate surface area is 56.7 Å². The minimum atomic E-state index is -3.94. The van der Waals surface area contributed by atoms with E-state index in [0.717, 1.165) is 0 Å². The first-order chi connectivity index (χ1) is 3.15. The van der Waals surface area contributed by atoms with Gasteiger partial charge in [0.1, 0.15) is 0 Å². The van der Waals surface area contributed by atoms with E-state index in [1.165, 1.54) is 0 Å². The van der Waals surface area contributed by atoms with Crippen LogP contribution in [0.25, 0.3) is 0 Å². The maximum absolute atomic E-state index is 8.56. The van der Waals surface area contributed by atoms with Crippen LogP contribution in [-0.2, 0) is 46.3 Å². The van der Waals surface area contributed by atoms with Crippen molar-refractivity contribution in [2.24, 2.45) is 0 Å². The quantitative estimate of drug-likeness (QED) is 0.519. The van der Waals surface area contributed by atoms with Crippen LogP contribution in [-0.4, -0.2) is 0 Å². The van der Waals surface area contributed by atoms with E-state index in [4.69, 9.17) is 18.7 Å². The Kier molecular flexibility index (Phi) is 30.8. The van der Waals surface area contributed by atoms with Crippen LogP contribution >= 0.6 is 0 Å². The number of quaternary nitrogens is 1. The van der Waals surface area contributed by atoms with E-state index in [1.807, 2.05) is 0 Å². The zero-order valence-electron chi connectivity index (χ0n) is 3.94. The number of hydrogen-bond acceptors (Lipinski definition) is 5. The van der Waals surface area contributed by atoms with Gasteiger partial charge in [-0.2, -0.15) is 0 Å². The zero-order valence-corrected chi connectivity index (χ0v) is 6.73. The fourth-order valence-corrected chi connectivity index (χ4v) is 0. The molecule has 0 rings (SSSR count). The average molecular weight is 200 g/mol. The zero-order chi connectivity index (χ0) is 6.28. The second kappa shape index (κ2) is 15.7. The van der Waals surface area contributed by atoms with Crippen LogP contribution in [0, 0.1) is 0 Å². The number of hydrogen-bond donors (Lipinski definition) is 1. The molecule has 8 heteroatoms. The van der Waals surface area contributed by atoms with Gasteiger partial charge in [-0.1, -0.05) is 0 Å². The van der Waals surface area contributed by atoms with Crippen molar-refractivity contribution in [2.75, 3.05) is 0 Å². The van der Waals surface area contributed by atoms with Gasteiger partial charge in [-0.3, -0.25) is 0 Å². The second-order valence-electron chi connectivity index (χ2n) is 0.298. The summed E-state index contributed by atoms with van der Waals surface area (Å²) in [4.78, 5) is 0. The van der Waals surface area contributed by atoms with E-state index >= 15 is 0 Å². The molecule has 0 aliphatic carbocycles. The third-order valence-electron chi connectivity index (χ3n) is 0. The molecule has 6 nitrogen and oxygen atoms in total. The summed E-state index contributed by atoms with van der Waals surface area (Å²) in [5, 5.41) is 0. The first-order valence-electron chi connectivity index (χ1n) is 0.913. The maximum atomic E-state index is 8.56. The van der Waals surface area contributed by atoms with Crippen LogP contribution < -0.4 is 10.2 Å². The standard InChI is InChI=1S/H3N.5O.2V/h1H3;;;;;;;/q;;;;;-1;;/p+1. The molecular formula is H4NO5V2. The summed E-state index contributed by atoms with van der Waals surface area (Å²) >= 11 is -5.75. The summed E-state index contributed by atoms with van der Waals surface area (Å²) < 4.78 is 42.6. The summed E-state index contributed by atoms with van der Waals surface area (Å²) in [6, 6.07) is 0. The fraction of sp³-hybridized carbons (Fsp3) is 0. The molecule has 0 radical (unpaired) electrons. The molecule has 0 unspecified atom stereocenters. The molecule has 0 heterocycles. The normalized spacial score (nSPS) is 4.12. The second-order valence-corrected chi connectivity index (χ2v) is 1.23. The van der Waals surface area contributed by atoms with Crippen molar-refractivity contribution < 1.29 is 50.3 Å². The summed E-state index contributed by atoms with van der Waals surface area (Å²) in [5.41, 5.74) is 0. The molecule has 4 N–H and O–H groups in total. The molecule has 0 amide bonds. The van der Waals surface area contributed by atoms with Crippen LogP contribution in [0.15, 0.2) is 0 Å². The SMILES string of the molecule is [NH4+].[O]=[V](=[O])[O-].[O]=[V]=[O]. The molecule has 0 aromatic carbocycles. The molecule has 0 saturated carbocycles. The van der Waals surface area contributed by atoms with Crippen molar-refractivity contribution in [1.29, 1.82) is 0 Å². The van der Waals surface area contributed by atoms with E-state index in [1.54, 1.807) is 0 Å². The predicted molar refractivity (Wildman–Crippen MR) is 8.73 cm³/mol. The van der Waals surface area contributed by atoms with E-state index in [-0.39, 0.29) is 6.15 Å². The molecule has 0 aromatic rings. The van der Waals surface area contributed by atoms with Crippen molar-refractivity contribution >= 4 is 0 Å². The van der Waals surface area contributed by atoms with Gasteiger partial charge in [-0.15, -0.1) is 0 Å². The van der Waals surface area contributed by atoms with Crippen molar-refractivity contribution in [3.63, 3.8) is 0 Å². The van der Waals surface area contributed by atoms with Crippen LogP contribution in [0.5, 0.6) is 0 Å². The van der Waals surface area contributed by atoms with Crippen molar-refractivity contribution in [3.05, 3.63) is 0 Å². The molecule has 0 atom stereocenters. The molecule has 0 saturated heterocycles. The van der Waals surface area contributed by atoms with Gasteiger partial charge in [0, 0.05) is 0 Å². The molecule has 8 heavy (non-hydrogen) atoms. The molecule has 0 aliphatic heterocycles. The first kappa shape index (κ1) is 15.7. The van der Waals surface area contributed by atoms with Gasteiger partial charge < -0.3 is 6.15 Å². The van der Waals surface area contributed by atoms with Gasteiger partial charge >= 0.3 is 50.3 Å². The van der Waals surface area contributed by atoms with Crippen molar-refractivity contribution in [3.8, 4) is 0 Å². The Hall–Kier alpha value is 0.289. The van der Waals surface area contributed by atoms with E-state index < -0.39 is 31.6 Å². The average Bonchev–Trinajstić information content (AvgIpc) is 1.33. The topological polar surface area (TPSA) is 128 Å². The Bertz CT molecular complexity index is 110.